The monoisotopic (exact) mass is 534 g/mol. The smallest absolute Gasteiger partial charge is 0.216 e. The Bertz CT molecular complexity index is 2050. The Balaban J connectivity index is 1.32. The lowest BCUT2D eigenvalue weighted by molar-refractivity contribution is -0.660. The molecule has 0 aliphatic heterocycles. The second-order valence-electron chi connectivity index (χ2n) is 10.8. The standard InChI is InChI=1S/C38H29FNO/c1-24-9-22-34(40(3)23-24)35-25(2)10-19-31-32-20-21-33(39)36(38(32)41-37(31)35)30-17-15-29(16-18-30)28-13-11-27(12-14-28)26-7-5-4-6-8-26/h4-23H,1-3H3/q+1. The third-order valence-corrected chi connectivity index (χ3v) is 8.00. The second-order valence-corrected chi connectivity index (χ2v) is 10.8. The molecule has 0 radical (unpaired) electrons. The number of furan rings is 1. The predicted octanol–water partition coefficient (Wildman–Crippen LogP) is 9.83. The molecule has 0 spiro atoms. The van der Waals surface area contributed by atoms with Gasteiger partial charge in [0.2, 0.25) is 5.69 Å². The zero-order valence-corrected chi connectivity index (χ0v) is 23.3. The average Bonchev–Trinajstić information content (AvgIpc) is 3.37. The number of aromatic nitrogens is 1. The highest BCUT2D eigenvalue weighted by molar-refractivity contribution is 6.13. The van der Waals surface area contributed by atoms with E-state index in [2.05, 4.69) is 97.4 Å². The maximum Gasteiger partial charge on any atom is 0.216 e. The average molecular weight is 535 g/mol. The Hall–Kier alpha value is -5.02. The lowest BCUT2D eigenvalue weighted by Crippen LogP contribution is -2.31. The van der Waals surface area contributed by atoms with Gasteiger partial charge in [-0.1, -0.05) is 91.0 Å². The predicted molar refractivity (Wildman–Crippen MR) is 166 cm³/mol. The second kappa shape index (κ2) is 9.87. The molecule has 2 nitrogen and oxygen atoms in total. The zero-order valence-electron chi connectivity index (χ0n) is 23.3. The molecular weight excluding hydrogens is 505 g/mol. The molecule has 7 rings (SSSR count). The summed E-state index contributed by atoms with van der Waals surface area (Å²) in [5, 5.41) is 1.89. The Morgan fingerprint density at radius 2 is 1.07 bits per heavy atom. The number of aryl methyl sites for hydroxylation is 3. The molecular formula is C38H29FNO+. The number of halogens is 1. The Kier molecular flexibility index (Phi) is 6.01. The van der Waals surface area contributed by atoms with Gasteiger partial charge in [0.15, 0.2) is 6.20 Å². The van der Waals surface area contributed by atoms with E-state index in [1.807, 2.05) is 43.4 Å². The molecule has 0 bridgehead atoms. The summed E-state index contributed by atoms with van der Waals surface area (Å²) in [6.45, 7) is 4.17. The summed E-state index contributed by atoms with van der Waals surface area (Å²) >= 11 is 0. The lowest BCUT2D eigenvalue weighted by Gasteiger charge is -2.08. The third-order valence-electron chi connectivity index (χ3n) is 8.00. The van der Waals surface area contributed by atoms with Crippen molar-refractivity contribution in [1.82, 2.24) is 0 Å². The molecule has 198 valence electrons. The summed E-state index contributed by atoms with van der Waals surface area (Å²) in [7, 11) is 2.05. The summed E-state index contributed by atoms with van der Waals surface area (Å²) in [6.07, 6.45) is 2.11. The van der Waals surface area contributed by atoms with Gasteiger partial charge in [-0.2, -0.15) is 0 Å². The molecule has 3 heteroatoms. The number of rotatable bonds is 4. The fraction of sp³-hybridized carbons (Fsp3) is 0.0789. The van der Waals surface area contributed by atoms with Gasteiger partial charge in [0.25, 0.3) is 0 Å². The van der Waals surface area contributed by atoms with Gasteiger partial charge in [-0.15, -0.1) is 0 Å². The molecule has 5 aromatic carbocycles. The van der Waals surface area contributed by atoms with Gasteiger partial charge >= 0.3 is 0 Å². The zero-order chi connectivity index (χ0) is 28.1. The summed E-state index contributed by atoms with van der Waals surface area (Å²) < 4.78 is 24.2. The molecule has 0 aliphatic rings. The van der Waals surface area contributed by atoms with Crippen LogP contribution in [0.5, 0.6) is 0 Å². The highest BCUT2D eigenvalue weighted by atomic mass is 19.1. The molecule has 41 heavy (non-hydrogen) atoms. The number of nitrogens with zero attached hydrogens (tertiary/aromatic N) is 1. The molecule has 7 aromatic rings. The Morgan fingerprint density at radius 3 is 1.68 bits per heavy atom. The van der Waals surface area contributed by atoms with Crippen LogP contribution in [-0.2, 0) is 7.05 Å². The first-order valence-electron chi connectivity index (χ1n) is 13.9. The van der Waals surface area contributed by atoms with Crippen LogP contribution in [0.4, 0.5) is 4.39 Å². The van der Waals surface area contributed by atoms with Gasteiger partial charge in [-0.05, 0) is 65.4 Å². The minimum absolute atomic E-state index is 0.296. The maximum absolute atomic E-state index is 15.5. The minimum Gasteiger partial charge on any atom is -0.454 e. The van der Waals surface area contributed by atoms with Crippen molar-refractivity contribution in [2.24, 2.45) is 7.05 Å². The Morgan fingerprint density at radius 1 is 0.537 bits per heavy atom. The summed E-state index contributed by atoms with van der Waals surface area (Å²) in [4.78, 5) is 0. The van der Waals surface area contributed by atoms with Crippen molar-refractivity contribution in [3.63, 3.8) is 0 Å². The van der Waals surface area contributed by atoms with E-state index in [0.29, 0.717) is 11.1 Å². The molecule has 2 aromatic heterocycles. The van der Waals surface area contributed by atoms with Gasteiger partial charge in [-0.3, -0.25) is 0 Å². The summed E-state index contributed by atoms with van der Waals surface area (Å²) in [5.74, 6) is -0.296. The molecule has 0 N–H and O–H groups in total. The molecule has 0 saturated carbocycles. The van der Waals surface area contributed by atoms with Crippen molar-refractivity contribution in [2.45, 2.75) is 13.8 Å². The minimum atomic E-state index is -0.296. The molecule has 0 aliphatic carbocycles. The number of fused-ring (bicyclic) bond motifs is 3. The van der Waals surface area contributed by atoms with Crippen molar-refractivity contribution in [3.8, 4) is 44.6 Å². The van der Waals surface area contributed by atoms with Gasteiger partial charge in [0.1, 0.15) is 24.0 Å². The van der Waals surface area contributed by atoms with Crippen molar-refractivity contribution < 1.29 is 13.4 Å². The lowest BCUT2D eigenvalue weighted by atomic mass is 9.96. The van der Waals surface area contributed by atoms with Crippen LogP contribution >= 0.6 is 0 Å². The van der Waals surface area contributed by atoms with Crippen LogP contribution in [0, 0.1) is 19.7 Å². The first-order chi connectivity index (χ1) is 20.0. The van der Waals surface area contributed by atoms with Crippen LogP contribution in [0.2, 0.25) is 0 Å². The number of hydrogen-bond donors (Lipinski definition) is 0. The SMILES string of the molecule is Cc1ccc(-c2c(C)ccc3c2oc2c(-c4ccc(-c5ccc(-c6ccccc6)cc5)cc4)c(F)ccc23)[n+](C)c1. The molecule has 0 atom stereocenters. The summed E-state index contributed by atoms with van der Waals surface area (Å²) in [6, 6.07) is 38.8. The van der Waals surface area contributed by atoms with Crippen molar-refractivity contribution >= 4 is 21.9 Å². The number of hydrogen-bond acceptors (Lipinski definition) is 1. The van der Waals surface area contributed by atoms with Crippen molar-refractivity contribution in [3.05, 3.63) is 138 Å². The molecule has 0 amide bonds. The van der Waals surface area contributed by atoms with Gasteiger partial charge in [0, 0.05) is 22.4 Å². The summed E-state index contributed by atoms with van der Waals surface area (Å²) in [5.41, 5.74) is 11.6. The number of benzene rings is 5. The van der Waals surface area contributed by atoms with E-state index in [4.69, 9.17) is 4.42 Å². The van der Waals surface area contributed by atoms with Crippen LogP contribution in [0.25, 0.3) is 66.6 Å². The molecule has 2 heterocycles. The fourth-order valence-electron chi connectivity index (χ4n) is 5.89. The van der Waals surface area contributed by atoms with E-state index >= 15 is 4.39 Å². The van der Waals surface area contributed by atoms with Crippen molar-refractivity contribution in [1.29, 1.82) is 0 Å². The largest absolute Gasteiger partial charge is 0.454 e. The number of pyridine rings is 1. The van der Waals surface area contributed by atoms with Crippen LogP contribution in [0.1, 0.15) is 11.1 Å². The highest BCUT2D eigenvalue weighted by Gasteiger charge is 2.23. The van der Waals surface area contributed by atoms with Crippen LogP contribution < -0.4 is 4.57 Å². The van der Waals surface area contributed by atoms with Gasteiger partial charge < -0.3 is 4.42 Å². The molecule has 0 unspecified atom stereocenters. The highest BCUT2D eigenvalue weighted by Crippen LogP contribution is 2.42. The van der Waals surface area contributed by atoms with Crippen molar-refractivity contribution in [2.75, 3.05) is 0 Å². The van der Waals surface area contributed by atoms with Crippen LogP contribution in [-0.4, -0.2) is 0 Å². The van der Waals surface area contributed by atoms with E-state index in [0.717, 1.165) is 49.9 Å². The van der Waals surface area contributed by atoms with Gasteiger partial charge in [0.05, 0.1) is 11.1 Å². The van der Waals surface area contributed by atoms with Crippen LogP contribution in [0.3, 0.4) is 0 Å². The maximum atomic E-state index is 15.5. The first kappa shape index (κ1) is 25.0. The van der Waals surface area contributed by atoms with E-state index in [-0.39, 0.29) is 5.82 Å². The molecule has 0 saturated heterocycles. The normalized spacial score (nSPS) is 11.4. The van der Waals surface area contributed by atoms with Gasteiger partial charge in [-0.25, -0.2) is 8.96 Å². The van der Waals surface area contributed by atoms with Crippen LogP contribution in [0.15, 0.2) is 126 Å². The fourth-order valence-corrected chi connectivity index (χ4v) is 5.89. The van der Waals surface area contributed by atoms with E-state index < -0.39 is 0 Å². The van der Waals surface area contributed by atoms with E-state index in [1.165, 1.54) is 16.7 Å². The molecule has 0 fully saturated rings. The first-order valence-corrected chi connectivity index (χ1v) is 13.9. The van der Waals surface area contributed by atoms with E-state index in [1.54, 1.807) is 6.07 Å². The quantitative estimate of drug-likeness (QED) is 0.205. The Labute approximate surface area is 239 Å². The topological polar surface area (TPSA) is 17.0 Å². The van der Waals surface area contributed by atoms with E-state index in [9.17, 15) is 0 Å². The third kappa shape index (κ3) is 4.31.